The van der Waals surface area contributed by atoms with Crippen LogP contribution in [0, 0.1) is 22.7 Å². The number of hydrogen-bond acceptors (Lipinski definition) is 3. The van der Waals surface area contributed by atoms with Crippen LogP contribution < -0.4 is 4.74 Å². The molecule has 0 radical (unpaired) electrons. The van der Waals surface area contributed by atoms with Crippen LogP contribution in [0.3, 0.4) is 0 Å². The molecule has 4 aliphatic carbocycles. The molecule has 0 saturated carbocycles. The van der Waals surface area contributed by atoms with Crippen molar-refractivity contribution in [1.82, 2.24) is 9.97 Å². The van der Waals surface area contributed by atoms with Crippen molar-refractivity contribution >= 4 is 17.1 Å². The molecule has 0 amide bonds. The van der Waals surface area contributed by atoms with Gasteiger partial charge in [0.05, 0.1) is 29.5 Å². The molecule has 0 unspecified atom stereocenters. The van der Waals surface area contributed by atoms with E-state index >= 15 is 0 Å². The number of nitrogens with zero attached hydrogens (tertiary/aromatic N) is 2. The Balaban J connectivity index is 1.62. The summed E-state index contributed by atoms with van der Waals surface area (Å²) in [7, 11) is 1.71. The summed E-state index contributed by atoms with van der Waals surface area (Å²) >= 11 is 0. The van der Waals surface area contributed by atoms with Crippen molar-refractivity contribution in [2.45, 2.75) is 52.9 Å². The average Bonchev–Trinajstić information content (AvgIpc) is 3.27. The first-order valence-corrected chi connectivity index (χ1v) is 13.1. The zero-order valence-electron chi connectivity index (χ0n) is 22.5. The topological polar surface area (TPSA) is 35.0 Å². The summed E-state index contributed by atoms with van der Waals surface area (Å²) in [6.07, 6.45) is 9.82. The van der Waals surface area contributed by atoms with Crippen molar-refractivity contribution in [3.8, 4) is 5.75 Å². The van der Waals surface area contributed by atoms with Crippen molar-refractivity contribution in [3.63, 3.8) is 0 Å². The minimum atomic E-state index is -0.229. The molecule has 3 nitrogen and oxygen atoms in total. The number of hydrogen-bond donors (Lipinski definition) is 0. The minimum absolute atomic E-state index is 0.0327. The number of rotatable bonds is 2. The van der Waals surface area contributed by atoms with Gasteiger partial charge < -0.3 is 4.74 Å². The smallest absolute Gasteiger partial charge is 0.118 e. The van der Waals surface area contributed by atoms with Gasteiger partial charge >= 0.3 is 0 Å². The molecule has 1 heterocycles. The van der Waals surface area contributed by atoms with E-state index < -0.39 is 0 Å². The number of aromatic nitrogens is 2. The third-order valence-corrected chi connectivity index (χ3v) is 8.71. The predicted molar refractivity (Wildman–Crippen MR) is 148 cm³/mol. The maximum atomic E-state index is 5.38. The molecule has 4 aliphatic rings. The minimum Gasteiger partial charge on any atom is -0.497 e. The summed E-state index contributed by atoms with van der Waals surface area (Å²) in [4.78, 5) is 10.7. The number of fused-ring (bicyclic) bond motifs is 1. The highest BCUT2D eigenvalue weighted by molar-refractivity contribution is 5.76. The van der Waals surface area contributed by atoms with Gasteiger partial charge in [-0.1, -0.05) is 95.7 Å². The second-order valence-electron chi connectivity index (χ2n) is 12.7. The van der Waals surface area contributed by atoms with Gasteiger partial charge in [-0.15, -0.1) is 0 Å². The molecule has 36 heavy (non-hydrogen) atoms. The van der Waals surface area contributed by atoms with Crippen LogP contribution >= 0.6 is 0 Å². The van der Waals surface area contributed by atoms with Gasteiger partial charge in [0.25, 0.3) is 0 Å². The molecular formula is C33H36N2O. The predicted octanol–water partition coefficient (Wildman–Crippen LogP) is 7.89. The molecule has 1 aromatic heterocycles. The Hall–Kier alpha value is -3.20. The summed E-state index contributed by atoms with van der Waals surface area (Å²) in [5.41, 5.74) is 8.20. The van der Waals surface area contributed by atoms with E-state index in [-0.39, 0.29) is 22.2 Å². The van der Waals surface area contributed by atoms with E-state index in [0.717, 1.165) is 16.8 Å². The Labute approximate surface area is 215 Å². The molecule has 0 saturated heterocycles. The lowest BCUT2D eigenvalue weighted by Crippen LogP contribution is -2.56. The van der Waals surface area contributed by atoms with Crippen LogP contribution in [0.25, 0.3) is 17.1 Å². The standard InChI is InChI=1S/C33H36N2O/c1-31(2,3)24-19-33(32(4,5)6)23-17-14-21(18-20-12-15-22(36-7)16-13-20)27(23)28(24)29-30(33)35-26-11-9-8-10-25(26)34-29/h8-19,23,27-28H,1-7H3/b21-18-/t23-,27+,28-,33-/m0/s1. The third kappa shape index (κ3) is 3.18. The van der Waals surface area contributed by atoms with Crippen LogP contribution in [-0.4, -0.2) is 17.1 Å². The van der Waals surface area contributed by atoms with E-state index in [9.17, 15) is 0 Å². The summed E-state index contributed by atoms with van der Waals surface area (Å²) in [5.74, 6) is 1.79. The second-order valence-corrected chi connectivity index (χ2v) is 12.7. The van der Waals surface area contributed by atoms with Gasteiger partial charge in [-0.2, -0.15) is 0 Å². The highest BCUT2D eigenvalue weighted by atomic mass is 16.5. The van der Waals surface area contributed by atoms with Crippen LogP contribution in [0.15, 0.2) is 77.9 Å². The highest BCUT2D eigenvalue weighted by Gasteiger charge is 2.63. The Morgan fingerprint density at radius 3 is 2.17 bits per heavy atom. The molecule has 4 atom stereocenters. The molecule has 3 aromatic rings. The average molecular weight is 477 g/mol. The van der Waals surface area contributed by atoms with Gasteiger partial charge in [-0.3, -0.25) is 0 Å². The molecule has 184 valence electrons. The first-order valence-electron chi connectivity index (χ1n) is 13.1. The van der Waals surface area contributed by atoms with Gasteiger partial charge in [0.2, 0.25) is 0 Å². The largest absolute Gasteiger partial charge is 0.497 e. The summed E-state index contributed by atoms with van der Waals surface area (Å²) in [5, 5.41) is 0. The summed E-state index contributed by atoms with van der Waals surface area (Å²) < 4.78 is 5.38. The quantitative estimate of drug-likeness (QED) is 0.353. The van der Waals surface area contributed by atoms with Crippen molar-refractivity contribution < 1.29 is 4.74 Å². The van der Waals surface area contributed by atoms with Crippen LogP contribution in [0.5, 0.6) is 5.75 Å². The fraction of sp³-hybridized carbons (Fsp3) is 0.394. The van der Waals surface area contributed by atoms with E-state index in [2.05, 4.69) is 102 Å². The molecule has 0 spiro atoms. The van der Waals surface area contributed by atoms with Crippen LogP contribution in [0.1, 0.15) is 64.4 Å². The molecule has 3 heteroatoms. The molecule has 0 aliphatic heterocycles. The Bertz CT molecular complexity index is 1450. The SMILES string of the molecule is COc1ccc(/C=C2/C=C[C@H]3[C@@H]2[C@@H]2C(C(C)(C)C)=C[C@@]3(C(C)(C)C)c3nc4ccccc4nc32)cc1. The van der Waals surface area contributed by atoms with E-state index in [1.165, 1.54) is 28.1 Å². The maximum Gasteiger partial charge on any atom is 0.118 e. The molecule has 0 fully saturated rings. The summed E-state index contributed by atoms with van der Waals surface area (Å²) in [6.45, 7) is 14.2. The first-order chi connectivity index (χ1) is 17.0. The maximum absolute atomic E-state index is 5.38. The molecule has 7 rings (SSSR count). The van der Waals surface area contributed by atoms with Crippen molar-refractivity contribution in [3.05, 3.63) is 94.9 Å². The fourth-order valence-corrected chi connectivity index (χ4v) is 6.98. The zero-order chi connectivity index (χ0) is 25.5. The van der Waals surface area contributed by atoms with Gasteiger partial charge in [-0.25, -0.2) is 9.97 Å². The second kappa shape index (κ2) is 7.65. The number of allylic oxidation sites excluding steroid dienone is 5. The van der Waals surface area contributed by atoms with E-state index in [1.807, 2.05) is 12.1 Å². The van der Waals surface area contributed by atoms with Gasteiger partial charge in [0, 0.05) is 23.2 Å². The Morgan fingerprint density at radius 1 is 0.889 bits per heavy atom. The molecule has 2 aromatic carbocycles. The summed E-state index contributed by atoms with van der Waals surface area (Å²) in [6, 6.07) is 16.7. The number of para-hydroxylation sites is 2. The normalized spacial score (nSPS) is 27.8. The van der Waals surface area contributed by atoms with Crippen molar-refractivity contribution in [1.29, 1.82) is 0 Å². The van der Waals surface area contributed by atoms with Gasteiger partial charge in [0.1, 0.15) is 5.75 Å². The van der Waals surface area contributed by atoms with Crippen LogP contribution in [-0.2, 0) is 5.41 Å². The van der Waals surface area contributed by atoms with Crippen molar-refractivity contribution in [2.75, 3.05) is 7.11 Å². The van der Waals surface area contributed by atoms with E-state index in [1.54, 1.807) is 7.11 Å². The number of benzene rings is 2. The third-order valence-electron chi connectivity index (χ3n) is 8.71. The lowest BCUT2D eigenvalue weighted by Gasteiger charge is -2.59. The lowest BCUT2D eigenvalue weighted by atomic mass is 9.44. The van der Waals surface area contributed by atoms with Crippen molar-refractivity contribution in [2.24, 2.45) is 22.7 Å². The van der Waals surface area contributed by atoms with Gasteiger partial charge in [0.15, 0.2) is 0 Å². The number of methoxy groups -OCH3 is 1. The molecule has 0 N–H and O–H groups in total. The number of ether oxygens (including phenoxy) is 1. The lowest BCUT2D eigenvalue weighted by molar-refractivity contribution is 0.103. The van der Waals surface area contributed by atoms with Gasteiger partial charge in [-0.05, 0) is 46.2 Å². The fourth-order valence-electron chi connectivity index (χ4n) is 6.98. The molecular weight excluding hydrogens is 440 g/mol. The van der Waals surface area contributed by atoms with E-state index in [0.29, 0.717) is 11.8 Å². The first kappa shape index (κ1) is 23.2. The monoisotopic (exact) mass is 476 g/mol. The zero-order valence-corrected chi connectivity index (χ0v) is 22.5. The van der Waals surface area contributed by atoms with E-state index in [4.69, 9.17) is 14.7 Å². The highest BCUT2D eigenvalue weighted by Crippen LogP contribution is 2.68. The Morgan fingerprint density at radius 2 is 1.56 bits per heavy atom. The van der Waals surface area contributed by atoms with Crippen LogP contribution in [0.4, 0.5) is 0 Å². The van der Waals surface area contributed by atoms with Crippen LogP contribution in [0.2, 0.25) is 0 Å². The Kier molecular flexibility index (Phi) is 4.93. The molecule has 2 bridgehead atoms.